The molecule has 1 aliphatic rings. The van der Waals surface area contributed by atoms with Crippen LogP contribution < -0.4 is 16.4 Å². The Morgan fingerprint density at radius 3 is 2.48 bits per heavy atom. The van der Waals surface area contributed by atoms with Crippen LogP contribution in [-0.4, -0.2) is 64.4 Å². The molecule has 0 aliphatic carbocycles. The van der Waals surface area contributed by atoms with E-state index in [1.807, 2.05) is 0 Å². The Morgan fingerprint density at radius 2 is 1.96 bits per heavy atom. The first kappa shape index (κ1) is 20.6. The van der Waals surface area contributed by atoms with Gasteiger partial charge in [-0.15, -0.1) is 0 Å². The van der Waals surface area contributed by atoms with Crippen molar-refractivity contribution in [3.63, 3.8) is 0 Å². The molecule has 0 bridgehead atoms. The maximum Gasteiger partial charge on any atom is 0.325 e. The summed E-state index contributed by atoms with van der Waals surface area (Å²) in [6.07, 6.45) is 4.12. The number of carbonyl (C=O) groups is 4. The van der Waals surface area contributed by atoms with Gasteiger partial charge in [0.15, 0.2) is 0 Å². The second-order valence-corrected chi connectivity index (χ2v) is 6.04. The largest absolute Gasteiger partial charge is 0.480 e. The number of carbonyl (C=O) groups excluding carboxylic acids is 3. The fourth-order valence-corrected chi connectivity index (χ4v) is 2.43. The second kappa shape index (κ2) is 9.16. The van der Waals surface area contributed by atoms with Gasteiger partial charge in [0.25, 0.3) is 0 Å². The number of aliphatic carboxylic acids is 1. The topological polar surface area (TPSA) is 142 Å². The number of nitrogens with zero attached hydrogens (tertiary/aromatic N) is 1. The number of nitrogens with one attached hydrogen (secondary N) is 2. The molecular formula is C16H26N4O5. The zero-order valence-electron chi connectivity index (χ0n) is 14.7. The molecule has 1 heterocycles. The molecule has 0 radical (unpaired) electrons. The summed E-state index contributed by atoms with van der Waals surface area (Å²) >= 11 is 0. The van der Waals surface area contributed by atoms with E-state index in [1.165, 1.54) is 18.7 Å². The molecule has 9 nitrogen and oxygen atoms in total. The maximum absolute atomic E-state index is 12.8. The lowest BCUT2D eigenvalue weighted by atomic mass is 10.1. The molecule has 9 heteroatoms. The Hall–Kier alpha value is -2.42. The van der Waals surface area contributed by atoms with Crippen molar-refractivity contribution < 1.29 is 24.3 Å². The van der Waals surface area contributed by atoms with Crippen LogP contribution in [0.2, 0.25) is 0 Å². The Balaban J connectivity index is 2.92. The van der Waals surface area contributed by atoms with E-state index in [-0.39, 0.29) is 6.54 Å². The predicted octanol–water partition coefficient (Wildman–Crippen LogP) is -1.03. The Labute approximate surface area is 146 Å². The van der Waals surface area contributed by atoms with Gasteiger partial charge in [0, 0.05) is 6.54 Å². The molecule has 0 spiro atoms. The molecule has 0 saturated carbocycles. The number of carboxylic acids is 1. The average Bonchev–Trinajstić information content (AvgIpc) is 2.71. The molecule has 4 atom stereocenters. The minimum absolute atomic E-state index is 0.205. The summed E-state index contributed by atoms with van der Waals surface area (Å²) < 4.78 is 0. The van der Waals surface area contributed by atoms with Crippen molar-refractivity contribution in [2.75, 3.05) is 6.54 Å². The van der Waals surface area contributed by atoms with Gasteiger partial charge >= 0.3 is 5.97 Å². The molecule has 3 unspecified atom stereocenters. The van der Waals surface area contributed by atoms with Gasteiger partial charge in [0.2, 0.25) is 17.7 Å². The van der Waals surface area contributed by atoms with Crippen LogP contribution in [0.4, 0.5) is 0 Å². The van der Waals surface area contributed by atoms with Crippen LogP contribution in [-0.2, 0) is 19.2 Å². The predicted molar refractivity (Wildman–Crippen MR) is 90.4 cm³/mol. The van der Waals surface area contributed by atoms with Gasteiger partial charge in [-0.25, -0.2) is 0 Å². The number of hydrogen-bond donors (Lipinski definition) is 4. The van der Waals surface area contributed by atoms with Gasteiger partial charge in [0.05, 0.1) is 6.04 Å². The molecule has 0 aromatic carbocycles. The highest BCUT2D eigenvalue weighted by molar-refractivity contribution is 5.94. The number of hydrogen-bond acceptors (Lipinski definition) is 5. The minimum Gasteiger partial charge on any atom is -0.480 e. The van der Waals surface area contributed by atoms with Gasteiger partial charge in [-0.2, -0.15) is 0 Å². The van der Waals surface area contributed by atoms with E-state index in [9.17, 15) is 19.2 Å². The van der Waals surface area contributed by atoms with Crippen molar-refractivity contribution in [2.45, 2.75) is 57.8 Å². The summed E-state index contributed by atoms with van der Waals surface area (Å²) in [4.78, 5) is 49.2. The quantitative estimate of drug-likeness (QED) is 0.431. The Bertz CT molecular complexity index is 561. The molecule has 1 aliphatic heterocycles. The van der Waals surface area contributed by atoms with Crippen LogP contribution >= 0.6 is 0 Å². The van der Waals surface area contributed by atoms with Crippen LogP contribution in [0.25, 0.3) is 0 Å². The molecule has 0 aromatic rings. The van der Waals surface area contributed by atoms with Crippen LogP contribution in [0.1, 0.15) is 33.6 Å². The van der Waals surface area contributed by atoms with Crippen LogP contribution in [0.15, 0.2) is 12.2 Å². The third kappa shape index (κ3) is 5.56. The highest BCUT2D eigenvalue weighted by Gasteiger charge is 2.34. The second-order valence-electron chi connectivity index (χ2n) is 6.04. The van der Waals surface area contributed by atoms with Crippen LogP contribution in [0.5, 0.6) is 0 Å². The van der Waals surface area contributed by atoms with Crippen molar-refractivity contribution in [1.82, 2.24) is 15.5 Å². The first-order valence-electron chi connectivity index (χ1n) is 8.23. The third-order valence-electron chi connectivity index (χ3n) is 3.95. The van der Waals surface area contributed by atoms with Gasteiger partial charge in [-0.1, -0.05) is 19.1 Å². The van der Waals surface area contributed by atoms with Crippen LogP contribution in [0, 0.1) is 0 Å². The summed E-state index contributed by atoms with van der Waals surface area (Å²) in [5, 5.41) is 13.9. The van der Waals surface area contributed by atoms with Crippen molar-refractivity contribution in [3.8, 4) is 0 Å². The van der Waals surface area contributed by atoms with E-state index in [2.05, 4.69) is 10.6 Å². The average molecular weight is 354 g/mol. The van der Waals surface area contributed by atoms with Crippen molar-refractivity contribution in [3.05, 3.63) is 12.2 Å². The summed E-state index contributed by atoms with van der Waals surface area (Å²) in [5.74, 6) is -2.56. The molecule has 3 amide bonds. The first-order chi connectivity index (χ1) is 11.7. The SMILES string of the molecule is CCC(C(=O)N[C@@H](C)C(=O)O)N1CC=CCC(NC(=O)C(C)N)C1=O. The van der Waals surface area contributed by atoms with Gasteiger partial charge in [-0.05, 0) is 26.7 Å². The lowest BCUT2D eigenvalue weighted by Gasteiger charge is -2.32. The van der Waals surface area contributed by atoms with Gasteiger partial charge in [-0.3, -0.25) is 19.2 Å². The number of carboxylic acid groups (broad SMARTS) is 1. The first-order valence-corrected chi connectivity index (χ1v) is 8.23. The summed E-state index contributed by atoms with van der Waals surface area (Å²) in [6, 6.07) is -3.45. The van der Waals surface area contributed by atoms with Gasteiger partial charge < -0.3 is 26.4 Å². The molecule has 140 valence electrons. The minimum atomic E-state index is -1.16. The zero-order valence-corrected chi connectivity index (χ0v) is 14.7. The Morgan fingerprint density at radius 1 is 1.32 bits per heavy atom. The fourth-order valence-electron chi connectivity index (χ4n) is 2.43. The lowest BCUT2D eigenvalue weighted by Crippen LogP contribution is -2.57. The molecule has 25 heavy (non-hydrogen) atoms. The number of amides is 3. The zero-order chi connectivity index (χ0) is 19.1. The summed E-state index contributed by atoms with van der Waals surface area (Å²) in [5.41, 5.74) is 5.51. The molecule has 0 aromatic heterocycles. The van der Waals surface area contributed by atoms with E-state index < -0.39 is 47.9 Å². The molecule has 0 fully saturated rings. The van der Waals surface area contributed by atoms with E-state index in [0.29, 0.717) is 12.8 Å². The summed E-state index contributed by atoms with van der Waals surface area (Å²) in [6.45, 7) is 4.80. The van der Waals surface area contributed by atoms with Gasteiger partial charge in [0.1, 0.15) is 18.1 Å². The highest BCUT2D eigenvalue weighted by atomic mass is 16.4. The van der Waals surface area contributed by atoms with E-state index in [1.54, 1.807) is 19.1 Å². The van der Waals surface area contributed by atoms with Crippen LogP contribution in [0.3, 0.4) is 0 Å². The van der Waals surface area contributed by atoms with E-state index in [0.717, 1.165) is 0 Å². The fraction of sp³-hybridized carbons (Fsp3) is 0.625. The smallest absolute Gasteiger partial charge is 0.325 e. The molecular weight excluding hydrogens is 328 g/mol. The third-order valence-corrected chi connectivity index (χ3v) is 3.95. The normalized spacial score (nSPS) is 21.0. The maximum atomic E-state index is 12.8. The molecule has 0 saturated heterocycles. The van der Waals surface area contributed by atoms with E-state index >= 15 is 0 Å². The van der Waals surface area contributed by atoms with Crippen molar-refractivity contribution in [2.24, 2.45) is 5.73 Å². The highest BCUT2D eigenvalue weighted by Crippen LogP contribution is 2.13. The molecule has 1 rings (SSSR count). The lowest BCUT2D eigenvalue weighted by molar-refractivity contribution is -0.145. The molecule has 5 N–H and O–H groups in total. The standard InChI is InChI=1S/C16H26N4O5/c1-4-12(14(22)18-10(3)16(24)25)20-8-6-5-7-11(15(20)23)19-13(21)9(2)17/h5-6,9-12H,4,7-8,17H2,1-3H3,(H,18,22)(H,19,21)(H,24,25)/t9?,10-,11?,12?/m0/s1. The summed E-state index contributed by atoms with van der Waals surface area (Å²) in [7, 11) is 0. The van der Waals surface area contributed by atoms with E-state index in [4.69, 9.17) is 10.8 Å². The monoisotopic (exact) mass is 354 g/mol. The number of rotatable bonds is 7. The Kier molecular flexibility index (Phi) is 7.56. The van der Waals surface area contributed by atoms with Crippen molar-refractivity contribution >= 4 is 23.7 Å². The van der Waals surface area contributed by atoms with Crippen molar-refractivity contribution in [1.29, 1.82) is 0 Å². The number of nitrogens with two attached hydrogens (primary N) is 1.